The smallest absolute Gasteiger partial charge is 0.196 e. The average Bonchev–Trinajstić information content (AvgIpc) is 2.93. The Morgan fingerprint density at radius 2 is 2.05 bits per heavy atom. The van der Waals surface area contributed by atoms with Gasteiger partial charge in [0.15, 0.2) is 5.90 Å². The Bertz CT molecular complexity index is 435. The predicted octanol–water partition coefficient (Wildman–Crippen LogP) is 3.59. The summed E-state index contributed by atoms with van der Waals surface area (Å²) in [6.07, 6.45) is 3.78. The standard InChI is InChI=1S/C16H24N2O/c1-5-16(6-2,14-9-7-8-10-17-14)15-18-13(11-19-15)12(3)4/h7-10,12-13H,5-6,11H2,1-4H3/t13-/m1/s1. The summed E-state index contributed by atoms with van der Waals surface area (Å²) in [5, 5.41) is 0. The summed E-state index contributed by atoms with van der Waals surface area (Å²) >= 11 is 0. The van der Waals surface area contributed by atoms with Crippen LogP contribution in [-0.4, -0.2) is 23.5 Å². The zero-order chi connectivity index (χ0) is 13.9. The summed E-state index contributed by atoms with van der Waals surface area (Å²) in [6, 6.07) is 6.36. The van der Waals surface area contributed by atoms with Crippen molar-refractivity contribution in [2.24, 2.45) is 10.9 Å². The summed E-state index contributed by atoms with van der Waals surface area (Å²) in [6.45, 7) is 9.47. The maximum Gasteiger partial charge on any atom is 0.196 e. The van der Waals surface area contributed by atoms with E-state index in [0.717, 1.165) is 24.4 Å². The number of ether oxygens (including phenoxy) is 1. The third-order valence-electron chi connectivity index (χ3n) is 4.22. The highest BCUT2D eigenvalue weighted by Crippen LogP contribution is 2.35. The SMILES string of the molecule is CCC(CC)(C1=N[C@@H](C(C)C)CO1)c1ccccn1. The van der Waals surface area contributed by atoms with Crippen LogP contribution in [0.25, 0.3) is 0 Å². The fourth-order valence-electron chi connectivity index (χ4n) is 2.66. The first-order valence-electron chi connectivity index (χ1n) is 7.26. The zero-order valence-corrected chi connectivity index (χ0v) is 12.4. The van der Waals surface area contributed by atoms with Crippen LogP contribution in [-0.2, 0) is 10.2 Å². The lowest BCUT2D eigenvalue weighted by atomic mass is 9.78. The van der Waals surface area contributed by atoms with Gasteiger partial charge in [0.25, 0.3) is 0 Å². The Kier molecular flexibility index (Phi) is 4.23. The molecule has 1 aliphatic heterocycles. The van der Waals surface area contributed by atoms with Gasteiger partial charge >= 0.3 is 0 Å². The molecule has 2 rings (SSSR count). The van der Waals surface area contributed by atoms with Crippen LogP contribution in [0.3, 0.4) is 0 Å². The lowest BCUT2D eigenvalue weighted by Gasteiger charge is -2.30. The van der Waals surface area contributed by atoms with Crippen LogP contribution in [0.4, 0.5) is 0 Å². The Labute approximate surface area is 116 Å². The molecule has 1 aliphatic rings. The lowest BCUT2D eigenvalue weighted by molar-refractivity contribution is 0.264. The Balaban J connectivity index is 2.39. The van der Waals surface area contributed by atoms with Crippen LogP contribution < -0.4 is 0 Å². The molecule has 1 atom stereocenters. The van der Waals surface area contributed by atoms with E-state index >= 15 is 0 Å². The molecule has 0 saturated carbocycles. The second kappa shape index (κ2) is 5.72. The summed E-state index contributed by atoms with van der Waals surface area (Å²) in [5.74, 6) is 1.41. The Hall–Kier alpha value is -1.38. The Morgan fingerprint density at radius 3 is 2.53 bits per heavy atom. The van der Waals surface area contributed by atoms with Gasteiger partial charge in [-0.2, -0.15) is 0 Å². The fourth-order valence-corrected chi connectivity index (χ4v) is 2.66. The minimum atomic E-state index is -0.162. The number of hydrogen-bond donors (Lipinski definition) is 0. The zero-order valence-electron chi connectivity index (χ0n) is 12.4. The number of aliphatic imine (C=N–C) groups is 1. The van der Waals surface area contributed by atoms with Crippen LogP contribution in [0.1, 0.15) is 46.2 Å². The number of hydrogen-bond acceptors (Lipinski definition) is 3. The largest absolute Gasteiger partial charge is 0.478 e. The predicted molar refractivity (Wildman–Crippen MR) is 78.5 cm³/mol. The molecule has 1 aromatic rings. The quantitative estimate of drug-likeness (QED) is 0.810. The van der Waals surface area contributed by atoms with Crippen molar-refractivity contribution in [3.63, 3.8) is 0 Å². The molecule has 19 heavy (non-hydrogen) atoms. The van der Waals surface area contributed by atoms with Crippen LogP contribution in [0, 0.1) is 5.92 Å². The first-order chi connectivity index (χ1) is 9.14. The van der Waals surface area contributed by atoms with E-state index in [4.69, 9.17) is 9.73 Å². The second-order valence-electron chi connectivity index (χ2n) is 5.56. The van der Waals surface area contributed by atoms with E-state index in [1.165, 1.54) is 0 Å². The van der Waals surface area contributed by atoms with Crippen molar-refractivity contribution >= 4 is 5.90 Å². The molecule has 0 fully saturated rings. The maximum atomic E-state index is 5.94. The van der Waals surface area contributed by atoms with E-state index in [1.807, 2.05) is 18.3 Å². The van der Waals surface area contributed by atoms with Gasteiger partial charge in [0.1, 0.15) is 6.61 Å². The Morgan fingerprint density at radius 1 is 1.32 bits per heavy atom. The van der Waals surface area contributed by atoms with Crippen molar-refractivity contribution in [3.05, 3.63) is 30.1 Å². The molecule has 3 nitrogen and oxygen atoms in total. The molecule has 0 N–H and O–H groups in total. The molecule has 3 heteroatoms. The normalized spacial score (nSPS) is 19.4. The monoisotopic (exact) mass is 260 g/mol. The van der Waals surface area contributed by atoms with Gasteiger partial charge in [-0.05, 0) is 30.9 Å². The summed E-state index contributed by atoms with van der Waals surface area (Å²) in [4.78, 5) is 9.38. The molecule has 0 saturated heterocycles. The number of aromatic nitrogens is 1. The molecule has 2 heterocycles. The molecule has 0 aromatic carbocycles. The van der Waals surface area contributed by atoms with E-state index in [0.29, 0.717) is 12.5 Å². The number of rotatable bonds is 5. The van der Waals surface area contributed by atoms with Crippen molar-refractivity contribution in [2.75, 3.05) is 6.61 Å². The first-order valence-corrected chi connectivity index (χ1v) is 7.26. The third kappa shape index (κ3) is 2.51. The van der Waals surface area contributed by atoms with Crippen LogP contribution in [0.5, 0.6) is 0 Å². The summed E-state index contributed by atoms with van der Waals surface area (Å²) in [7, 11) is 0. The first kappa shape index (κ1) is 14.0. The highest BCUT2D eigenvalue weighted by molar-refractivity contribution is 5.89. The van der Waals surface area contributed by atoms with Crippen LogP contribution >= 0.6 is 0 Å². The van der Waals surface area contributed by atoms with Crippen LogP contribution in [0.15, 0.2) is 29.4 Å². The number of pyridine rings is 1. The molecule has 0 radical (unpaired) electrons. The second-order valence-corrected chi connectivity index (χ2v) is 5.56. The summed E-state index contributed by atoms with van der Waals surface area (Å²) < 4.78 is 5.94. The topological polar surface area (TPSA) is 34.5 Å². The van der Waals surface area contributed by atoms with Gasteiger partial charge in [0, 0.05) is 6.20 Å². The van der Waals surface area contributed by atoms with Crippen molar-refractivity contribution in [1.82, 2.24) is 4.98 Å². The molecule has 0 amide bonds. The van der Waals surface area contributed by atoms with Crippen molar-refractivity contribution in [2.45, 2.75) is 52.0 Å². The molecule has 0 unspecified atom stereocenters. The minimum Gasteiger partial charge on any atom is -0.478 e. The highest BCUT2D eigenvalue weighted by Gasteiger charge is 2.41. The van der Waals surface area contributed by atoms with E-state index in [2.05, 4.69) is 38.7 Å². The van der Waals surface area contributed by atoms with E-state index < -0.39 is 0 Å². The summed E-state index contributed by atoms with van der Waals surface area (Å²) in [5.41, 5.74) is 0.911. The molecule has 1 aromatic heterocycles. The highest BCUT2D eigenvalue weighted by atomic mass is 16.5. The van der Waals surface area contributed by atoms with Gasteiger partial charge < -0.3 is 4.74 Å². The van der Waals surface area contributed by atoms with Gasteiger partial charge in [-0.1, -0.05) is 33.8 Å². The average molecular weight is 260 g/mol. The van der Waals surface area contributed by atoms with Gasteiger partial charge in [0.2, 0.25) is 0 Å². The molecule has 0 aliphatic carbocycles. The lowest BCUT2D eigenvalue weighted by Crippen LogP contribution is -2.36. The minimum absolute atomic E-state index is 0.162. The van der Waals surface area contributed by atoms with E-state index in [-0.39, 0.29) is 11.5 Å². The van der Waals surface area contributed by atoms with Gasteiger partial charge in [-0.25, -0.2) is 4.99 Å². The molecule has 0 spiro atoms. The van der Waals surface area contributed by atoms with Crippen LogP contribution in [0.2, 0.25) is 0 Å². The molecular formula is C16H24N2O. The molecule has 104 valence electrons. The van der Waals surface area contributed by atoms with E-state index in [9.17, 15) is 0 Å². The van der Waals surface area contributed by atoms with Gasteiger partial charge in [-0.3, -0.25) is 4.98 Å². The van der Waals surface area contributed by atoms with Crippen molar-refractivity contribution in [1.29, 1.82) is 0 Å². The van der Waals surface area contributed by atoms with E-state index in [1.54, 1.807) is 0 Å². The van der Waals surface area contributed by atoms with Crippen molar-refractivity contribution < 1.29 is 4.74 Å². The van der Waals surface area contributed by atoms with Gasteiger partial charge in [0.05, 0.1) is 17.2 Å². The maximum absolute atomic E-state index is 5.94. The fraction of sp³-hybridized carbons (Fsp3) is 0.625. The van der Waals surface area contributed by atoms with Gasteiger partial charge in [-0.15, -0.1) is 0 Å². The third-order valence-corrected chi connectivity index (χ3v) is 4.22. The molecular weight excluding hydrogens is 236 g/mol. The van der Waals surface area contributed by atoms with Crippen molar-refractivity contribution in [3.8, 4) is 0 Å². The number of nitrogens with zero attached hydrogens (tertiary/aromatic N) is 2. The molecule has 0 bridgehead atoms.